The van der Waals surface area contributed by atoms with E-state index in [4.69, 9.17) is 14.2 Å². The average molecular weight is 1040 g/mol. The van der Waals surface area contributed by atoms with Gasteiger partial charge in [-0.3, -0.25) is 14.4 Å². The summed E-state index contributed by atoms with van der Waals surface area (Å²) in [5, 5.41) is 0. The lowest BCUT2D eigenvalue weighted by molar-refractivity contribution is -0.167. The predicted molar refractivity (Wildman–Crippen MR) is 321 cm³/mol. The normalized spacial score (nSPS) is 12.4. The van der Waals surface area contributed by atoms with Gasteiger partial charge >= 0.3 is 17.9 Å². The van der Waals surface area contributed by atoms with E-state index in [0.717, 1.165) is 96.3 Å². The molecule has 0 aromatic carbocycles. The summed E-state index contributed by atoms with van der Waals surface area (Å²) in [5.74, 6) is -0.887. The van der Waals surface area contributed by atoms with Gasteiger partial charge in [0.05, 0.1) is 0 Å². The average Bonchev–Trinajstić information content (AvgIpc) is 3.40. The minimum Gasteiger partial charge on any atom is -0.462 e. The van der Waals surface area contributed by atoms with Crippen LogP contribution >= 0.6 is 0 Å². The van der Waals surface area contributed by atoms with Crippen LogP contribution in [0.25, 0.3) is 0 Å². The van der Waals surface area contributed by atoms with Crippen molar-refractivity contribution in [2.24, 2.45) is 0 Å². The lowest BCUT2D eigenvalue weighted by atomic mass is 10.0. The molecule has 0 aliphatic carbocycles. The highest BCUT2D eigenvalue weighted by Crippen LogP contribution is 2.17. The van der Waals surface area contributed by atoms with Gasteiger partial charge in [0.2, 0.25) is 0 Å². The molecule has 1 atom stereocenters. The molecule has 74 heavy (non-hydrogen) atoms. The van der Waals surface area contributed by atoms with Crippen molar-refractivity contribution in [1.82, 2.24) is 0 Å². The van der Waals surface area contributed by atoms with Crippen LogP contribution in [-0.2, 0) is 28.6 Å². The Balaban J connectivity index is 4.00. The van der Waals surface area contributed by atoms with E-state index in [0.29, 0.717) is 19.3 Å². The highest BCUT2D eigenvalue weighted by Gasteiger charge is 2.19. The zero-order valence-corrected chi connectivity index (χ0v) is 49.4. The number of rotatable bonds is 59. The van der Waals surface area contributed by atoms with Crippen molar-refractivity contribution in [3.63, 3.8) is 0 Å². The zero-order chi connectivity index (χ0) is 53.6. The fraction of sp³-hybridized carbons (Fsp3) is 0.809. The van der Waals surface area contributed by atoms with Crippen molar-refractivity contribution >= 4 is 17.9 Å². The summed E-state index contributed by atoms with van der Waals surface area (Å²) in [6, 6.07) is 0. The van der Waals surface area contributed by atoms with E-state index in [2.05, 4.69) is 81.5 Å². The van der Waals surface area contributed by atoms with Crippen molar-refractivity contribution in [2.75, 3.05) is 13.2 Å². The number of carbonyl (C=O) groups is 3. The lowest BCUT2D eigenvalue weighted by Gasteiger charge is -2.18. The number of hydrogen-bond donors (Lipinski definition) is 0. The second kappa shape index (κ2) is 62.6. The van der Waals surface area contributed by atoms with E-state index < -0.39 is 6.10 Å². The highest BCUT2D eigenvalue weighted by atomic mass is 16.6. The van der Waals surface area contributed by atoms with E-state index >= 15 is 0 Å². The van der Waals surface area contributed by atoms with Crippen LogP contribution < -0.4 is 0 Å². The fourth-order valence-corrected chi connectivity index (χ4v) is 9.43. The Hall–Kier alpha value is -2.89. The van der Waals surface area contributed by atoms with Crippen LogP contribution in [0.15, 0.2) is 60.8 Å². The maximum absolute atomic E-state index is 12.8. The number of ether oxygens (including phenoxy) is 3. The van der Waals surface area contributed by atoms with Gasteiger partial charge in [-0.05, 0) is 83.5 Å². The van der Waals surface area contributed by atoms with Crippen LogP contribution in [0, 0.1) is 0 Å². The second-order valence-corrected chi connectivity index (χ2v) is 21.6. The van der Waals surface area contributed by atoms with Gasteiger partial charge in [0.15, 0.2) is 6.10 Å². The summed E-state index contributed by atoms with van der Waals surface area (Å²) < 4.78 is 16.8. The molecule has 1 unspecified atom stereocenters. The molecule has 0 aliphatic rings. The third kappa shape index (κ3) is 60.0. The first-order chi connectivity index (χ1) is 36.5. The summed E-state index contributed by atoms with van der Waals surface area (Å²) in [4.78, 5) is 38.0. The van der Waals surface area contributed by atoms with E-state index in [1.54, 1.807) is 0 Å². The third-order valence-corrected chi connectivity index (χ3v) is 14.3. The molecule has 0 heterocycles. The minimum atomic E-state index is -0.778. The van der Waals surface area contributed by atoms with Crippen LogP contribution in [0.3, 0.4) is 0 Å². The van der Waals surface area contributed by atoms with Crippen molar-refractivity contribution in [2.45, 2.75) is 341 Å². The molecule has 0 aliphatic heterocycles. The first-order valence-corrected chi connectivity index (χ1v) is 32.3. The molecular weight excluding hydrogens is 913 g/mol. The molecule has 0 N–H and O–H groups in total. The predicted octanol–water partition coefficient (Wildman–Crippen LogP) is 21.9. The van der Waals surface area contributed by atoms with Gasteiger partial charge in [-0.2, -0.15) is 0 Å². The molecule has 0 rings (SSSR count). The van der Waals surface area contributed by atoms with Gasteiger partial charge in [0.25, 0.3) is 0 Å². The lowest BCUT2D eigenvalue weighted by Crippen LogP contribution is -2.30. The van der Waals surface area contributed by atoms with Crippen molar-refractivity contribution in [1.29, 1.82) is 0 Å². The highest BCUT2D eigenvalue weighted by molar-refractivity contribution is 5.71. The summed E-state index contributed by atoms with van der Waals surface area (Å²) in [6.45, 7) is 6.49. The van der Waals surface area contributed by atoms with Gasteiger partial charge in [0.1, 0.15) is 13.2 Å². The number of allylic oxidation sites excluding steroid dienone is 10. The van der Waals surface area contributed by atoms with Gasteiger partial charge < -0.3 is 14.2 Å². The number of esters is 3. The zero-order valence-electron chi connectivity index (χ0n) is 49.4. The fourth-order valence-electron chi connectivity index (χ4n) is 9.43. The summed E-state index contributed by atoms with van der Waals surface area (Å²) in [5.41, 5.74) is 0. The van der Waals surface area contributed by atoms with E-state index in [1.807, 2.05) is 0 Å². The molecule has 0 spiro atoms. The van der Waals surface area contributed by atoms with Crippen LogP contribution in [-0.4, -0.2) is 37.2 Å². The van der Waals surface area contributed by atoms with Gasteiger partial charge in [-0.25, -0.2) is 0 Å². The molecule has 0 aromatic heterocycles. The quantitative estimate of drug-likeness (QED) is 0.0261. The first-order valence-electron chi connectivity index (χ1n) is 32.3. The Kier molecular flexibility index (Phi) is 60.2. The van der Waals surface area contributed by atoms with Crippen LogP contribution in [0.1, 0.15) is 335 Å². The van der Waals surface area contributed by atoms with Gasteiger partial charge in [0, 0.05) is 19.3 Å². The summed E-state index contributed by atoms with van der Waals surface area (Å²) in [6.07, 6.45) is 80.0. The minimum absolute atomic E-state index is 0.0772. The Morgan fingerprint density at radius 3 is 0.838 bits per heavy atom. The molecule has 6 nitrogen and oxygen atoms in total. The van der Waals surface area contributed by atoms with E-state index in [-0.39, 0.29) is 31.1 Å². The monoisotopic (exact) mass is 1030 g/mol. The molecule has 0 saturated heterocycles. The number of hydrogen-bond acceptors (Lipinski definition) is 6. The summed E-state index contributed by atoms with van der Waals surface area (Å²) >= 11 is 0. The summed E-state index contributed by atoms with van der Waals surface area (Å²) in [7, 11) is 0. The SMILES string of the molecule is CC/C=C\C/C=C\C/C=C\C/C=C\CCCCCCCCC(=O)OC(COC(=O)CCCCCCCC)COC(=O)CCCCCCCCCCCCCCCCCCCCC/C=C\CCCCCCCCCC. The Morgan fingerprint density at radius 2 is 0.527 bits per heavy atom. The van der Waals surface area contributed by atoms with Crippen molar-refractivity contribution in [3.8, 4) is 0 Å². The van der Waals surface area contributed by atoms with E-state index in [1.165, 1.54) is 199 Å². The molecule has 0 fully saturated rings. The number of unbranched alkanes of at least 4 members (excludes halogenated alkanes) is 38. The van der Waals surface area contributed by atoms with Gasteiger partial charge in [-0.15, -0.1) is 0 Å². The molecule has 0 bridgehead atoms. The maximum Gasteiger partial charge on any atom is 0.306 e. The maximum atomic E-state index is 12.8. The van der Waals surface area contributed by atoms with Crippen molar-refractivity contribution < 1.29 is 28.6 Å². The van der Waals surface area contributed by atoms with Crippen LogP contribution in [0.5, 0.6) is 0 Å². The smallest absolute Gasteiger partial charge is 0.306 e. The first kappa shape index (κ1) is 71.1. The Labute approximate surface area is 460 Å². The molecule has 0 saturated carbocycles. The van der Waals surface area contributed by atoms with Gasteiger partial charge in [-0.1, -0.05) is 293 Å². The molecule has 0 radical (unpaired) electrons. The number of carbonyl (C=O) groups excluding carboxylic acids is 3. The molecule has 0 aromatic rings. The molecule has 6 heteroatoms. The van der Waals surface area contributed by atoms with E-state index in [9.17, 15) is 14.4 Å². The Bertz CT molecular complexity index is 1330. The largest absolute Gasteiger partial charge is 0.462 e. The molecular formula is C68H122O6. The second-order valence-electron chi connectivity index (χ2n) is 21.6. The third-order valence-electron chi connectivity index (χ3n) is 14.3. The van der Waals surface area contributed by atoms with Crippen LogP contribution in [0.2, 0.25) is 0 Å². The van der Waals surface area contributed by atoms with Crippen molar-refractivity contribution in [3.05, 3.63) is 60.8 Å². The Morgan fingerprint density at radius 1 is 0.284 bits per heavy atom. The molecule has 430 valence electrons. The standard InChI is InChI=1S/C68H122O6/c1-4-7-10-13-16-18-20-22-24-26-28-29-30-31-32-33-34-35-36-37-38-39-41-42-44-46-48-50-52-55-58-61-67(70)73-64-65(63-72-66(69)60-57-54-15-12-9-6-3)74-68(71)62-59-56-53-51-49-47-45-43-40-27-25-23-21-19-17-14-11-8-5-2/h8,11,17,19,23,25-26,28,40,43,65H,4-7,9-10,12-16,18,20-22,24,27,29-39,41-42,44-64H2,1-3H3/b11-8-,19-17-,25-23-,28-26-,43-40-. The topological polar surface area (TPSA) is 78.9 Å². The van der Waals surface area contributed by atoms with Crippen LogP contribution in [0.4, 0.5) is 0 Å². The molecule has 0 amide bonds.